The third-order valence-corrected chi connectivity index (χ3v) is 6.47. The molecule has 1 aliphatic rings. The molecule has 2 aromatic heterocycles. The van der Waals surface area contributed by atoms with Crippen molar-refractivity contribution in [3.63, 3.8) is 0 Å². The van der Waals surface area contributed by atoms with Gasteiger partial charge in [0.2, 0.25) is 0 Å². The van der Waals surface area contributed by atoms with E-state index < -0.39 is 0 Å². The second kappa shape index (κ2) is 10.8. The van der Waals surface area contributed by atoms with Crippen LogP contribution in [0.2, 0.25) is 5.02 Å². The second-order valence-corrected chi connectivity index (χ2v) is 9.97. The topological polar surface area (TPSA) is 70.0 Å². The molecule has 2 aromatic carbocycles. The third kappa shape index (κ3) is 5.88. The first kappa shape index (κ1) is 25.1. The van der Waals surface area contributed by atoms with Crippen LogP contribution >= 0.6 is 11.6 Å². The summed E-state index contributed by atoms with van der Waals surface area (Å²) < 4.78 is 7.53. The van der Waals surface area contributed by atoms with Gasteiger partial charge in [0.1, 0.15) is 11.3 Å². The molecule has 0 radical (unpaired) electrons. The zero-order valence-electron chi connectivity index (χ0n) is 21.5. The summed E-state index contributed by atoms with van der Waals surface area (Å²) in [5.41, 5.74) is 5.95. The summed E-state index contributed by atoms with van der Waals surface area (Å²) >= 11 is 6.34. The number of benzene rings is 2. The zero-order chi connectivity index (χ0) is 25.9. The molecule has 192 valence electrons. The van der Waals surface area contributed by atoms with E-state index in [0.29, 0.717) is 29.9 Å². The monoisotopic (exact) mass is 517 g/mol. The average molecular weight is 518 g/mol. The van der Waals surface area contributed by atoms with Crippen LogP contribution in [0, 0.1) is 6.92 Å². The first-order valence-electron chi connectivity index (χ1n) is 12.3. The average Bonchev–Trinajstić information content (AvgIpc) is 3.28. The molecule has 3 heterocycles. The predicted molar refractivity (Wildman–Crippen MR) is 151 cm³/mol. The van der Waals surface area contributed by atoms with E-state index in [0.717, 1.165) is 53.5 Å². The molecule has 1 aliphatic heterocycles. The number of nitrogens with zero attached hydrogens (tertiary/aromatic N) is 5. The Bertz CT molecular complexity index is 1410. The van der Waals surface area contributed by atoms with E-state index in [1.54, 1.807) is 0 Å². The van der Waals surface area contributed by atoms with Crippen LogP contribution < -0.4 is 15.5 Å². The van der Waals surface area contributed by atoms with Gasteiger partial charge >= 0.3 is 0 Å². The molecule has 2 N–H and O–H groups in total. The van der Waals surface area contributed by atoms with Crippen molar-refractivity contribution in [2.24, 2.45) is 0 Å². The van der Waals surface area contributed by atoms with Crippen molar-refractivity contribution in [2.45, 2.75) is 13.5 Å². The second-order valence-electron chi connectivity index (χ2n) is 9.56. The van der Waals surface area contributed by atoms with E-state index in [4.69, 9.17) is 26.4 Å². The number of halogens is 1. The molecule has 37 heavy (non-hydrogen) atoms. The van der Waals surface area contributed by atoms with Crippen LogP contribution in [0.25, 0.3) is 16.9 Å². The number of rotatable bonds is 8. The largest absolute Gasteiger partial charge is 0.378 e. The Kier molecular flexibility index (Phi) is 7.32. The predicted octanol–water partition coefficient (Wildman–Crippen LogP) is 5.25. The Morgan fingerprint density at radius 2 is 1.84 bits per heavy atom. The van der Waals surface area contributed by atoms with Crippen molar-refractivity contribution in [1.82, 2.24) is 19.5 Å². The molecule has 0 atom stereocenters. The van der Waals surface area contributed by atoms with Crippen molar-refractivity contribution in [2.75, 3.05) is 55.9 Å². The highest BCUT2D eigenvalue weighted by atomic mass is 35.5. The number of hydrogen-bond donors (Lipinski definition) is 2. The van der Waals surface area contributed by atoms with Crippen LogP contribution in [0.1, 0.15) is 11.1 Å². The van der Waals surface area contributed by atoms with E-state index in [9.17, 15) is 0 Å². The number of ether oxygens (including phenoxy) is 1. The molecule has 9 heteroatoms. The maximum atomic E-state index is 6.34. The van der Waals surface area contributed by atoms with Crippen molar-refractivity contribution >= 4 is 34.3 Å². The van der Waals surface area contributed by atoms with Crippen molar-refractivity contribution < 1.29 is 4.74 Å². The van der Waals surface area contributed by atoms with Crippen molar-refractivity contribution in [1.29, 1.82) is 0 Å². The molecular formula is C28H32ClN7O. The molecule has 0 unspecified atom stereocenters. The van der Waals surface area contributed by atoms with Crippen LogP contribution in [0.3, 0.4) is 0 Å². The van der Waals surface area contributed by atoms with Gasteiger partial charge in [-0.1, -0.05) is 24.2 Å². The molecule has 4 aromatic rings. The first-order valence-corrected chi connectivity index (χ1v) is 12.7. The van der Waals surface area contributed by atoms with Crippen LogP contribution in [0.4, 0.5) is 17.2 Å². The first-order chi connectivity index (χ1) is 17.9. The number of hydrogen-bond acceptors (Lipinski definition) is 7. The van der Waals surface area contributed by atoms with E-state index in [-0.39, 0.29) is 0 Å². The van der Waals surface area contributed by atoms with Gasteiger partial charge in [0, 0.05) is 37.1 Å². The van der Waals surface area contributed by atoms with Gasteiger partial charge < -0.3 is 25.2 Å². The van der Waals surface area contributed by atoms with Crippen LogP contribution in [-0.4, -0.2) is 59.9 Å². The van der Waals surface area contributed by atoms with E-state index >= 15 is 0 Å². The lowest BCUT2D eigenvalue weighted by Crippen LogP contribution is -2.37. The molecule has 1 fully saturated rings. The number of nitrogens with one attached hydrogen (secondary N) is 2. The standard InChI is InChI=1S/C28H32ClN7O/c1-19-5-10-25(24(29)15-19)31-20(2)30-23-8-6-22(7-9-23)27-32-28(35-11-13-37-14-12-35)26-16-21(17-34(3)4)18-36(26)33-27/h5-10,15-16,18,30-31H,2,11-14,17H2,1,3-4H3. The molecule has 5 rings (SSSR count). The molecular weight excluding hydrogens is 486 g/mol. The van der Waals surface area contributed by atoms with Gasteiger partial charge in [0.25, 0.3) is 0 Å². The van der Waals surface area contributed by atoms with Crippen molar-refractivity contribution in [3.05, 3.63) is 83.3 Å². The quantitative estimate of drug-likeness (QED) is 0.331. The summed E-state index contributed by atoms with van der Waals surface area (Å²) in [7, 11) is 4.13. The Labute approximate surface area is 222 Å². The smallest absolute Gasteiger partial charge is 0.182 e. The molecule has 0 bridgehead atoms. The Hall–Kier alpha value is -3.59. The van der Waals surface area contributed by atoms with Crippen LogP contribution in [0.5, 0.6) is 0 Å². The van der Waals surface area contributed by atoms with Crippen molar-refractivity contribution in [3.8, 4) is 11.4 Å². The lowest BCUT2D eigenvalue weighted by atomic mass is 10.2. The molecule has 0 amide bonds. The Morgan fingerprint density at radius 3 is 2.54 bits per heavy atom. The van der Waals surface area contributed by atoms with E-state index in [1.165, 1.54) is 5.56 Å². The number of fused-ring (bicyclic) bond motifs is 1. The minimum Gasteiger partial charge on any atom is -0.378 e. The Morgan fingerprint density at radius 1 is 1.08 bits per heavy atom. The maximum Gasteiger partial charge on any atom is 0.182 e. The highest BCUT2D eigenvalue weighted by molar-refractivity contribution is 6.33. The number of morpholine rings is 1. The van der Waals surface area contributed by atoms with Gasteiger partial charge in [-0.2, -0.15) is 0 Å². The number of aromatic nitrogens is 3. The van der Waals surface area contributed by atoms with Gasteiger partial charge in [-0.05, 0) is 74.6 Å². The summed E-state index contributed by atoms with van der Waals surface area (Å²) in [6, 6.07) is 16.1. The molecule has 8 nitrogen and oxygen atoms in total. The van der Waals surface area contributed by atoms with Gasteiger partial charge in [-0.15, -0.1) is 5.10 Å². The minimum atomic E-state index is 0.631. The summed E-state index contributed by atoms with van der Waals surface area (Å²) in [6.45, 7) is 9.94. The fourth-order valence-corrected chi connectivity index (χ4v) is 4.69. The van der Waals surface area contributed by atoms with Gasteiger partial charge in [-0.3, -0.25) is 0 Å². The summed E-state index contributed by atoms with van der Waals surface area (Å²) in [6.07, 6.45) is 2.09. The minimum absolute atomic E-state index is 0.631. The third-order valence-electron chi connectivity index (χ3n) is 6.16. The number of anilines is 3. The lowest BCUT2D eigenvalue weighted by Gasteiger charge is -2.28. The van der Waals surface area contributed by atoms with Crippen LogP contribution in [-0.2, 0) is 11.3 Å². The summed E-state index contributed by atoms with van der Waals surface area (Å²) in [5.74, 6) is 2.25. The lowest BCUT2D eigenvalue weighted by molar-refractivity contribution is 0.122. The van der Waals surface area contributed by atoms with E-state index in [1.807, 2.05) is 53.9 Å². The number of aryl methyl sites for hydroxylation is 1. The normalized spacial score (nSPS) is 13.8. The fraction of sp³-hybridized carbons (Fsp3) is 0.286. The van der Waals surface area contributed by atoms with Gasteiger partial charge in [-0.25, -0.2) is 9.50 Å². The summed E-state index contributed by atoms with van der Waals surface area (Å²) in [4.78, 5) is 9.44. The molecule has 0 saturated carbocycles. The van der Waals surface area contributed by atoms with E-state index in [2.05, 4.69) is 53.4 Å². The molecule has 1 saturated heterocycles. The zero-order valence-corrected chi connectivity index (χ0v) is 22.2. The van der Waals surface area contributed by atoms with Gasteiger partial charge in [0.15, 0.2) is 11.6 Å². The Balaban J connectivity index is 1.38. The fourth-order valence-electron chi connectivity index (χ4n) is 4.41. The highest BCUT2D eigenvalue weighted by Gasteiger charge is 2.19. The van der Waals surface area contributed by atoms with Crippen LogP contribution in [0.15, 0.2) is 67.1 Å². The van der Waals surface area contributed by atoms with Gasteiger partial charge in [0.05, 0.1) is 23.9 Å². The molecule has 0 spiro atoms. The summed E-state index contributed by atoms with van der Waals surface area (Å²) in [5, 5.41) is 12.0. The maximum absolute atomic E-state index is 6.34. The SMILES string of the molecule is C=C(Nc1ccc(-c2nc(N3CCOCC3)c3cc(CN(C)C)cn3n2)cc1)Nc1ccc(C)cc1Cl. The highest BCUT2D eigenvalue weighted by Crippen LogP contribution is 2.28. The molecule has 0 aliphatic carbocycles.